The van der Waals surface area contributed by atoms with Gasteiger partial charge in [0.2, 0.25) is 5.91 Å². The number of hydrogen-bond donors (Lipinski definition) is 3. The average molecular weight is 500 g/mol. The summed E-state index contributed by atoms with van der Waals surface area (Å²) in [5, 5.41) is 13.7. The zero-order chi connectivity index (χ0) is 25.9. The highest BCUT2D eigenvalue weighted by Gasteiger charge is 2.21. The molecule has 0 saturated carbocycles. The number of carbonyl (C=O) groups excluding carboxylic acids is 2. The number of halogens is 1. The van der Waals surface area contributed by atoms with Crippen LogP contribution < -0.4 is 11.1 Å². The van der Waals surface area contributed by atoms with Gasteiger partial charge in [-0.05, 0) is 50.7 Å². The van der Waals surface area contributed by atoms with Crippen molar-refractivity contribution in [2.24, 2.45) is 5.73 Å². The molecule has 8 nitrogen and oxygen atoms in total. The molecule has 186 valence electrons. The summed E-state index contributed by atoms with van der Waals surface area (Å²) in [5.74, 6) is -0.684. The van der Waals surface area contributed by atoms with Gasteiger partial charge in [0.1, 0.15) is 16.6 Å². The van der Waals surface area contributed by atoms with Crippen LogP contribution in [0, 0.1) is 5.82 Å². The first-order chi connectivity index (χ1) is 16.3. The number of rotatable bonds is 9. The Hall–Kier alpha value is -3.34. The van der Waals surface area contributed by atoms with Gasteiger partial charge in [-0.3, -0.25) is 14.5 Å². The average Bonchev–Trinajstić information content (AvgIpc) is 3.16. The van der Waals surface area contributed by atoms with Crippen LogP contribution in [-0.2, 0) is 16.9 Å². The Morgan fingerprint density at radius 1 is 1.17 bits per heavy atom. The SMILES string of the molecule is CN(CC(=O)N(C)C)Cc1cccc(Nc2sc(-c3ccc(C(C)(C)O)cc3F)cc2C(N)=O)n1. The lowest BCUT2D eigenvalue weighted by Gasteiger charge is -2.18. The molecule has 4 N–H and O–H groups in total. The second-order valence-corrected chi connectivity index (χ2v) is 10.1. The van der Waals surface area contributed by atoms with Gasteiger partial charge in [-0.15, -0.1) is 11.3 Å². The molecule has 0 saturated heterocycles. The molecule has 3 rings (SSSR count). The lowest BCUT2D eigenvalue weighted by atomic mass is 9.96. The van der Waals surface area contributed by atoms with Crippen molar-refractivity contribution >= 4 is 34.0 Å². The molecule has 0 aliphatic carbocycles. The van der Waals surface area contributed by atoms with Gasteiger partial charge in [0.25, 0.3) is 5.91 Å². The van der Waals surface area contributed by atoms with Crippen molar-refractivity contribution in [3.8, 4) is 10.4 Å². The van der Waals surface area contributed by atoms with Crippen LogP contribution in [0.3, 0.4) is 0 Å². The first-order valence-electron chi connectivity index (χ1n) is 10.9. The van der Waals surface area contributed by atoms with E-state index in [2.05, 4.69) is 10.3 Å². The van der Waals surface area contributed by atoms with E-state index in [0.717, 1.165) is 5.69 Å². The molecule has 0 aliphatic heterocycles. The molecule has 0 radical (unpaired) electrons. The van der Waals surface area contributed by atoms with E-state index in [9.17, 15) is 19.1 Å². The molecule has 0 spiro atoms. The molecule has 0 fully saturated rings. The number of carbonyl (C=O) groups is 2. The van der Waals surface area contributed by atoms with Crippen LogP contribution in [0.15, 0.2) is 42.5 Å². The number of aromatic nitrogens is 1. The number of amides is 2. The molecule has 0 unspecified atom stereocenters. The normalized spacial score (nSPS) is 11.5. The Morgan fingerprint density at radius 2 is 1.89 bits per heavy atom. The lowest BCUT2D eigenvalue weighted by Crippen LogP contribution is -2.34. The monoisotopic (exact) mass is 499 g/mol. The smallest absolute Gasteiger partial charge is 0.251 e. The highest BCUT2D eigenvalue weighted by molar-refractivity contribution is 7.19. The van der Waals surface area contributed by atoms with Gasteiger partial charge in [0, 0.05) is 31.1 Å². The van der Waals surface area contributed by atoms with Gasteiger partial charge in [-0.1, -0.05) is 18.2 Å². The van der Waals surface area contributed by atoms with Gasteiger partial charge in [-0.2, -0.15) is 0 Å². The Bertz CT molecular complexity index is 1240. The Kier molecular flexibility index (Phi) is 7.89. The van der Waals surface area contributed by atoms with Crippen LogP contribution in [0.2, 0.25) is 0 Å². The fraction of sp³-hybridized carbons (Fsp3) is 0.320. The number of aliphatic hydroxyl groups is 1. The number of primary amides is 1. The minimum absolute atomic E-state index is 0.0122. The minimum atomic E-state index is -1.18. The van der Waals surface area contributed by atoms with Gasteiger partial charge >= 0.3 is 0 Å². The number of nitrogens with one attached hydrogen (secondary N) is 1. The highest BCUT2D eigenvalue weighted by atomic mass is 32.1. The van der Waals surface area contributed by atoms with E-state index in [0.29, 0.717) is 33.4 Å². The molecule has 1 aromatic carbocycles. The van der Waals surface area contributed by atoms with Crippen LogP contribution in [0.5, 0.6) is 0 Å². The molecule has 2 amide bonds. The number of nitrogens with two attached hydrogens (primary N) is 1. The molecule has 10 heteroatoms. The highest BCUT2D eigenvalue weighted by Crippen LogP contribution is 2.38. The molecule has 2 aromatic heterocycles. The molecule has 2 heterocycles. The maximum Gasteiger partial charge on any atom is 0.251 e. The van der Waals surface area contributed by atoms with Crippen LogP contribution in [0.25, 0.3) is 10.4 Å². The van der Waals surface area contributed by atoms with Crippen molar-refractivity contribution in [1.29, 1.82) is 0 Å². The number of pyridine rings is 1. The number of anilines is 2. The van der Waals surface area contributed by atoms with Crippen molar-refractivity contribution in [2.75, 3.05) is 33.0 Å². The van der Waals surface area contributed by atoms with Crippen molar-refractivity contribution in [3.63, 3.8) is 0 Å². The van der Waals surface area contributed by atoms with Gasteiger partial charge in [0.05, 0.1) is 23.4 Å². The fourth-order valence-electron chi connectivity index (χ4n) is 3.35. The van der Waals surface area contributed by atoms with Crippen molar-refractivity contribution in [2.45, 2.75) is 26.0 Å². The van der Waals surface area contributed by atoms with Crippen LogP contribution in [0.4, 0.5) is 15.2 Å². The largest absolute Gasteiger partial charge is 0.386 e. The summed E-state index contributed by atoms with van der Waals surface area (Å²) in [6.45, 7) is 3.87. The second kappa shape index (κ2) is 10.5. The summed E-state index contributed by atoms with van der Waals surface area (Å²) < 4.78 is 14.9. The summed E-state index contributed by atoms with van der Waals surface area (Å²) in [5.41, 5.74) is 6.10. The number of hydrogen-bond acceptors (Lipinski definition) is 7. The van der Waals surface area contributed by atoms with Crippen LogP contribution in [-0.4, -0.2) is 59.4 Å². The number of benzene rings is 1. The second-order valence-electron chi connectivity index (χ2n) is 9.07. The first kappa shape index (κ1) is 26.3. The number of nitrogens with zero attached hydrogens (tertiary/aromatic N) is 3. The zero-order valence-corrected chi connectivity index (χ0v) is 21.2. The van der Waals surface area contributed by atoms with Crippen molar-refractivity contribution in [1.82, 2.24) is 14.8 Å². The zero-order valence-electron chi connectivity index (χ0n) is 20.4. The van der Waals surface area contributed by atoms with Gasteiger partial charge in [0.15, 0.2) is 0 Å². The summed E-state index contributed by atoms with van der Waals surface area (Å²) in [4.78, 5) is 32.5. The van der Waals surface area contributed by atoms with E-state index in [1.165, 1.54) is 22.3 Å². The Balaban J connectivity index is 1.85. The lowest BCUT2D eigenvalue weighted by molar-refractivity contribution is -0.129. The number of thiophene rings is 1. The third-order valence-corrected chi connectivity index (χ3v) is 6.41. The van der Waals surface area contributed by atoms with E-state index in [-0.39, 0.29) is 18.0 Å². The first-order valence-corrected chi connectivity index (χ1v) is 11.7. The summed E-state index contributed by atoms with van der Waals surface area (Å²) >= 11 is 1.18. The summed E-state index contributed by atoms with van der Waals surface area (Å²) in [6, 6.07) is 11.5. The van der Waals surface area contributed by atoms with Crippen LogP contribution in [0.1, 0.15) is 35.5 Å². The predicted octanol–water partition coefficient (Wildman–Crippen LogP) is 3.54. The van der Waals surface area contributed by atoms with E-state index < -0.39 is 17.3 Å². The predicted molar refractivity (Wildman–Crippen MR) is 136 cm³/mol. The quantitative estimate of drug-likeness (QED) is 0.415. The summed E-state index contributed by atoms with van der Waals surface area (Å²) in [6.07, 6.45) is 0. The third-order valence-electron chi connectivity index (χ3n) is 5.32. The Morgan fingerprint density at radius 3 is 2.49 bits per heavy atom. The van der Waals surface area contributed by atoms with Gasteiger partial charge < -0.3 is 21.1 Å². The van der Waals surface area contributed by atoms with Crippen molar-refractivity contribution in [3.05, 3.63) is 65.1 Å². The van der Waals surface area contributed by atoms with Gasteiger partial charge in [-0.25, -0.2) is 9.37 Å². The molecule has 0 atom stereocenters. The van der Waals surface area contributed by atoms with E-state index in [1.54, 1.807) is 52.2 Å². The maximum absolute atomic E-state index is 14.9. The van der Waals surface area contributed by atoms with E-state index in [1.807, 2.05) is 24.1 Å². The molecule has 0 aliphatic rings. The van der Waals surface area contributed by atoms with E-state index in [4.69, 9.17) is 5.73 Å². The molecular formula is C25H30FN5O3S. The van der Waals surface area contributed by atoms with Crippen molar-refractivity contribution < 1.29 is 19.1 Å². The van der Waals surface area contributed by atoms with E-state index >= 15 is 0 Å². The van der Waals surface area contributed by atoms with Crippen LogP contribution >= 0.6 is 11.3 Å². The standard InChI is InChI=1S/C25H30FN5O3S/c1-25(2,34)15-9-10-17(19(26)11-15)20-12-18(23(27)33)24(35-20)29-21-8-6-7-16(28-21)13-31(5)14-22(32)30(3)4/h6-12,34H,13-14H2,1-5H3,(H2,27,33)(H,28,29). The molecule has 0 bridgehead atoms. The minimum Gasteiger partial charge on any atom is -0.386 e. The summed E-state index contributed by atoms with van der Waals surface area (Å²) in [7, 11) is 5.24. The number of likely N-dealkylation sites (N-methyl/N-ethyl adjacent to an activating group) is 2. The third kappa shape index (κ3) is 6.62. The molecule has 3 aromatic rings. The molecule has 35 heavy (non-hydrogen) atoms. The topological polar surface area (TPSA) is 112 Å². The molecular weight excluding hydrogens is 469 g/mol. The Labute approximate surface area is 208 Å². The fourth-order valence-corrected chi connectivity index (χ4v) is 4.45. The maximum atomic E-state index is 14.9.